The number of nitrogens with one attached hydrogen (secondary N) is 1. The minimum Gasteiger partial charge on any atom is -0.478 e. The molecule has 2 aliphatic rings. The number of hydrogen-bond acceptors (Lipinski definition) is 7. The number of piperidine rings is 1. The summed E-state index contributed by atoms with van der Waals surface area (Å²) in [6.45, 7) is 0.267. The van der Waals surface area contributed by atoms with Gasteiger partial charge in [0.15, 0.2) is 10.8 Å². The summed E-state index contributed by atoms with van der Waals surface area (Å²) in [5, 5.41) is 14.6. The fourth-order valence-corrected chi connectivity index (χ4v) is 5.25. The molecule has 178 valence electrons. The van der Waals surface area contributed by atoms with Crippen molar-refractivity contribution in [2.24, 2.45) is 4.99 Å². The van der Waals surface area contributed by atoms with E-state index in [1.54, 1.807) is 28.6 Å². The van der Waals surface area contributed by atoms with Crippen molar-refractivity contribution in [1.29, 1.82) is 0 Å². The van der Waals surface area contributed by atoms with Gasteiger partial charge in [-0.25, -0.2) is 18.6 Å². The number of carboxylic acid groups (broad SMARTS) is 1. The molecule has 2 N–H and O–H groups in total. The van der Waals surface area contributed by atoms with E-state index in [-0.39, 0.29) is 19.1 Å². The van der Waals surface area contributed by atoms with Gasteiger partial charge in [-0.05, 0) is 30.5 Å². The molecule has 1 aromatic carbocycles. The lowest BCUT2D eigenvalue weighted by atomic mass is 9.95. The number of benzene rings is 1. The van der Waals surface area contributed by atoms with E-state index in [1.807, 2.05) is 0 Å². The number of nitrogens with zero attached hydrogens (tertiary/aromatic N) is 3. The van der Waals surface area contributed by atoms with Crippen LogP contribution < -0.4 is 5.32 Å². The topological polar surface area (TPSA) is 94.9 Å². The number of likely N-dealkylation sites (tertiary alicyclic amines) is 1. The number of carboxylic acids is 1. The molecule has 1 saturated heterocycles. The number of carbonyl (C=O) groups is 2. The predicted molar refractivity (Wildman–Crippen MR) is 128 cm³/mol. The molecular formula is C23H21BrF2N4O3S. The molecule has 0 amide bonds. The summed E-state index contributed by atoms with van der Waals surface area (Å²) < 4.78 is 28.5. The van der Waals surface area contributed by atoms with Gasteiger partial charge in [0.1, 0.15) is 24.3 Å². The number of alkyl halides is 1. The number of thiazole rings is 1. The number of rotatable bonds is 7. The molecule has 0 saturated carbocycles. The van der Waals surface area contributed by atoms with Crippen LogP contribution in [0.5, 0.6) is 0 Å². The van der Waals surface area contributed by atoms with Crippen molar-refractivity contribution in [3.63, 3.8) is 0 Å². The number of aliphatic imine (C=N–C) groups is 1. The Bertz CT molecular complexity index is 1170. The van der Waals surface area contributed by atoms with E-state index in [4.69, 9.17) is 10.1 Å². The molecule has 11 heteroatoms. The molecule has 1 aromatic heterocycles. The van der Waals surface area contributed by atoms with Crippen molar-refractivity contribution >= 4 is 45.4 Å². The summed E-state index contributed by atoms with van der Waals surface area (Å²) in [7, 11) is 0. The first-order valence-electron chi connectivity index (χ1n) is 10.5. The standard InChI is InChI=1S/C23H21BrF2N4O3S/c24-18-9-13(25)2-5-16(18)21-17(12-31)19(28-22(29-21)23-27-7-8-34-23)11-30-10-14(26)1-3-15(30)4-6-20(32)33/h2,4-9,12,14-15,21H,1,3,10-11H2,(H,28,29)(H,32,33)/b6-4+/t14?,15?,21-/m0/s1. The smallest absolute Gasteiger partial charge is 0.328 e. The Morgan fingerprint density at radius 2 is 2.21 bits per heavy atom. The molecule has 7 nitrogen and oxygen atoms in total. The maximum atomic E-state index is 14.3. The van der Waals surface area contributed by atoms with Gasteiger partial charge in [0.25, 0.3) is 0 Å². The fourth-order valence-electron chi connectivity index (χ4n) is 4.10. The average Bonchev–Trinajstić information content (AvgIpc) is 3.33. The maximum absolute atomic E-state index is 14.3. The van der Waals surface area contributed by atoms with Crippen LogP contribution in [0.1, 0.15) is 29.5 Å². The predicted octanol–water partition coefficient (Wildman–Crippen LogP) is 4.03. The number of aliphatic carboxylic acids is 1. The highest BCUT2D eigenvalue weighted by molar-refractivity contribution is 9.10. The van der Waals surface area contributed by atoms with Gasteiger partial charge in [-0.2, -0.15) is 0 Å². The molecule has 3 atom stereocenters. The molecule has 0 spiro atoms. The van der Waals surface area contributed by atoms with E-state index < -0.39 is 24.0 Å². The third-order valence-electron chi connectivity index (χ3n) is 5.69. The first-order chi connectivity index (χ1) is 16.4. The van der Waals surface area contributed by atoms with Gasteiger partial charge >= 0.3 is 5.97 Å². The maximum Gasteiger partial charge on any atom is 0.328 e. The van der Waals surface area contributed by atoms with Gasteiger partial charge in [0.05, 0.1) is 0 Å². The third kappa shape index (κ3) is 5.48. The summed E-state index contributed by atoms with van der Waals surface area (Å²) in [6.07, 6.45) is 4.65. The van der Waals surface area contributed by atoms with Crippen LogP contribution in [0, 0.1) is 5.82 Å². The van der Waals surface area contributed by atoms with Crippen LogP contribution in [0.4, 0.5) is 8.78 Å². The average molecular weight is 551 g/mol. The van der Waals surface area contributed by atoms with Crippen LogP contribution in [0.2, 0.25) is 0 Å². The lowest BCUT2D eigenvalue weighted by molar-refractivity contribution is -0.131. The first kappa shape index (κ1) is 24.4. The van der Waals surface area contributed by atoms with E-state index in [2.05, 4.69) is 26.2 Å². The molecule has 4 rings (SSSR count). The molecule has 3 heterocycles. The zero-order valence-electron chi connectivity index (χ0n) is 17.8. The van der Waals surface area contributed by atoms with Gasteiger partial charge in [-0.15, -0.1) is 11.3 Å². The summed E-state index contributed by atoms with van der Waals surface area (Å²) in [6, 6.07) is 3.14. The first-order valence-corrected chi connectivity index (χ1v) is 12.2. The molecule has 0 radical (unpaired) electrons. The minimum absolute atomic E-state index is 0.0978. The zero-order valence-corrected chi connectivity index (χ0v) is 20.2. The van der Waals surface area contributed by atoms with Crippen LogP contribution in [-0.2, 0) is 9.59 Å². The summed E-state index contributed by atoms with van der Waals surface area (Å²) in [4.78, 5) is 34.1. The van der Waals surface area contributed by atoms with E-state index in [0.717, 1.165) is 6.08 Å². The molecule has 0 bridgehead atoms. The largest absolute Gasteiger partial charge is 0.478 e. The number of hydrogen-bond donors (Lipinski definition) is 2. The monoisotopic (exact) mass is 550 g/mol. The minimum atomic E-state index is -1.08. The molecule has 34 heavy (non-hydrogen) atoms. The van der Waals surface area contributed by atoms with E-state index >= 15 is 0 Å². The van der Waals surface area contributed by atoms with Gasteiger partial charge in [0.2, 0.25) is 0 Å². The number of carbonyl (C=O) groups excluding carboxylic acids is 1. The lowest BCUT2D eigenvalue weighted by Gasteiger charge is -2.37. The van der Waals surface area contributed by atoms with Crippen LogP contribution in [-0.4, -0.2) is 58.4 Å². The van der Waals surface area contributed by atoms with Crippen LogP contribution in [0.15, 0.2) is 62.7 Å². The van der Waals surface area contributed by atoms with Crippen LogP contribution in [0.25, 0.3) is 0 Å². The Morgan fingerprint density at radius 3 is 2.88 bits per heavy atom. The Balaban J connectivity index is 1.74. The zero-order chi connectivity index (χ0) is 24.2. The Morgan fingerprint density at radius 1 is 1.38 bits per heavy atom. The Hall–Kier alpha value is -2.76. The number of aromatic nitrogens is 1. The Kier molecular flexibility index (Phi) is 7.64. The van der Waals surface area contributed by atoms with Gasteiger partial charge in [-0.1, -0.05) is 28.1 Å². The number of halogens is 3. The Labute approximate surface area is 207 Å². The van der Waals surface area contributed by atoms with Crippen molar-refractivity contribution in [2.45, 2.75) is 31.1 Å². The molecule has 2 unspecified atom stereocenters. The van der Waals surface area contributed by atoms with Crippen molar-refractivity contribution in [3.8, 4) is 0 Å². The van der Waals surface area contributed by atoms with Gasteiger partial charge in [0, 0.05) is 52.5 Å². The van der Waals surface area contributed by atoms with Crippen LogP contribution in [0.3, 0.4) is 0 Å². The second kappa shape index (κ2) is 10.7. The number of amidine groups is 1. The second-order valence-corrected chi connectivity index (χ2v) is 9.68. The van der Waals surface area contributed by atoms with Crippen molar-refractivity contribution in [1.82, 2.24) is 15.2 Å². The summed E-state index contributed by atoms with van der Waals surface area (Å²) in [5.41, 5.74) is 1.44. The third-order valence-corrected chi connectivity index (χ3v) is 7.16. The molecule has 1 fully saturated rings. The molecule has 2 aliphatic heterocycles. The SMILES string of the molecule is O=CC1=C(CN2CC(F)CCC2/C=C/C(=O)O)NC(c2nccs2)=N[C@H]1c1ccc(F)cc1Br. The van der Waals surface area contributed by atoms with E-state index in [1.165, 1.54) is 23.5 Å². The van der Waals surface area contributed by atoms with E-state index in [9.17, 15) is 18.4 Å². The highest BCUT2D eigenvalue weighted by Crippen LogP contribution is 2.36. The van der Waals surface area contributed by atoms with Crippen molar-refractivity contribution in [2.75, 3.05) is 13.1 Å². The fraction of sp³-hybridized carbons (Fsp3) is 0.304. The summed E-state index contributed by atoms with van der Waals surface area (Å²) >= 11 is 4.74. The molecule has 2 aromatic rings. The van der Waals surface area contributed by atoms with E-state index in [0.29, 0.717) is 51.3 Å². The second-order valence-electron chi connectivity index (χ2n) is 7.93. The van der Waals surface area contributed by atoms with Gasteiger partial charge in [-0.3, -0.25) is 14.7 Å². The highest BCUT2D eigenvalue weighted by atomic mass is 79.9. The molecule has 0 aliphatic carbocycles. The normalized spacial score (nSPS) is 23.6. The lowest BCUT2D eigenvalue weighted by Crippen LogP contribution is -2.47. The number of aldehydes is 1. The summed E-state index contributed by atoms with van der Waals surface area (Å²) in [5.74, 6) is -1.06. The highest BCUT2D eigenvalue weighted by Gasteiger charge is 2.32. The van der Waals surface area contributed by atoms with Crippen molar-refractivity contribution < 1.29 is 23.5 Å². The quantitative estimate of drug-likeness (QED) is 0.399. The van der Waals surface area contributed by atoms with Crippen LogP contribution >= 0.6 is 27.3 Å². The molecular weight excluding hydrogens is 530 g/mol. The van der Waals surface area contributed by atoms with Gasteiger partial charge < -0.3 is 10.4 Å². The van der Waals surface area contributed by atoms with Crippen molar-refractivity contribution in [3.05, 3.63) is 74.1 Å².